The molecule has 0 spiro atoms. The fraction of sp³-hybridized carbons (Fsp3) is 0.0909. The molecule has 2 rings (SSSR count). The number of halogens is 1. The Morgan fingerprint density at radius 3 is 2.93 bits per heavy atom. The average Bonchev–Trinajstić information content (AvgIpc) is 2.72. The van der Waals surface area contributed by atoms with Gasteiger partial charge in [0, 0.05) is 11.6 Å². The predicted octanol–water partition coefficient (Wildman–Crippen LogP) is 3.60. The first-order valence-electron chi connectivity index (χ1n) is 4.55. The van der Waals surface area contributed by atoms with E-state index in [0.717, 1.165) is 17.9 Å². The molecule has 4 heteroatoms. The van der Waals surface area contributed by atoms with E-state index >= 15 is 0 Å². The van der Waals surface area contributed by atoms with Crippen LogP contribution in [0, 0.1) is 0 Å². The highest BCUT2D eigenvalue weighted by Gasteiger charge is 2.00. The van der Waals surface area contributed by atoms with Crippen LogP contribution in [0.15, 0.2) is 35.0 Å². The first-order valence-corrected chi connectivity index (χ1v) is 5.88. The van der Waals surface area contributed by atoms with Gasteiger partial charge in [0.15, 0.2) is 0 Å². The molecule has 0 bridgehead atoms. The van der Waals surface area contributed by atoms with Crippen LogP contribution in [-0.4, -0.2) is 0 Å². The lowest BCUT2D eigenvalue weighted by Gasteiger charge is -2.08. The average molecular weight is 239 g/mol. The fourth-order valence-corrected chi connectivity index (χ4v) is 2.11. The largest absolute Gasteiger partial charge is 0.397 e. The van der Waals surface area contributed by atoms with E-state index in [1.54, 1.807) is 23.5 Å². The van der Waals surface area contributed by atoms with Gasteiger partial charge in [0.2, 0.25) is 0 Å². The van der Waals surface area contributed by atoms with Crippen LogP contribution in [-0.2, 0) is 6.54 Å². The lowest BCUT2D eigenvalue weighted by atomic mass is 10.2. The Kier molecular flexibility index (Phi) is 3.14. The Morgan fingerprint density at radius 1 is 1.33 bits per heavy atom. The number of rotatable bonds is 3. The van der Waals surface area contributed by atoms with Crippen LogP contribution >= 0.6 is 22.9 Å². The zero-order valence-corrected chi connectivity index (χ0v) is 9.61. The quantitative estimate of drug-likeness (QED) is 0.802. The van der Waals surface area contributed by atoms with Crippen molar-refractivity contribution in [2.45, 2.75) is 6.54 Å². The molecule has 0 saturated carbocycles. The summed E-state index contributed by atoms with van der Waals surface area (Å²) in [6.07, 6.45) is 0. The van der Waals surface area contributed by atoms with Gasteiger partial charge in [-0.1, -0.05) is 11.6 Å². The summed E-state index contributed by atoms with van der Waals surface area (Å²) in [4.78, 5) is 0. The number of hydrogen-bond donors (Lipinski definition) is 2. The van der Waals surface area contributed by atoms with Gasteiger partial charge in [0.05, 0.1) is 11.4 Å². The standard InChI is InChI=1S/C11H11ClN2S/c12-9-1-2-10(13)11(5-9)14-6-8-3-4-15-7-8/h1-5,7,14H,6,13H2. The molecule has 0 amide bonds. The van der Waals surface area contributed by atoms with Gasteiger partial charge >= 0.3 is 0 Å². The molecule has 15 heavy (non-hydrogen) atoms. The van der Waals surface area contributed by atoms with E-state index in [0.29, 0.717) is 5.02 Å². The van der Waals surface area contributed by atoms with Gasteiger partial charge in [-0.2, -0.15) is 11.3 Å². The first-order chi connectivity index (χ1) is 7.25. The van der Waals surface area contributed by atoms with Crippen molar-refractivity contribution in [2.24, 2.45) is 0 Å². The van der Waals surface area contributed by atoms with E-state index in [1.165, 1.54) is 5.56 Å². The van der Waals surface area contributed by atoms with Crippen molar-refractivity contribution in [1.82, 2.24) is 0 Å². The summed E-state index contributed by atoms with van der Waals surface area (Å²) in [6.45, 7) is 0.772. The molecule has 0 aliphatic carbocycles. The molecule has 0 aliphatic heterocycles. The topological polar surface area (TPSA) is 38.0 Å². The number of anilines is 2. The van der Waals surface area contributed by atoms with Gasteiger partial charge in [-0.15, -0.1) is 0 Å². The summed E-state index contributed by atoms with van der Waals surface area (Å²) in [6, 6.07) is 7.51. The second-order valence-corrected chi connectivity index (χ2v) is 4.43. The smallest absolute Gasteiger partial charge is 0.0591 e. The van der Waals surface area contributed by atoms with Crippen molar-refractivity contribution in [3.63, 3.8) is 0 Å². The summed E-state index contributed by atoms with van der Waals surface area (Å²) < 4.78 is 0. The molecule has 1 heterocycles. The number of benzene rings is 1. The van der Waals surface area contributed by atoms with Gasteiger partial charge in [-0.25, -0.2) is 0 Å². The van der Waals surface area contributed by atoms with E-state index in [4.69, 9.17) is 17.3 Å². The van der Waals surface area contributed by atoms with Crippen molar-refractivity contribution >= 4 is 34.3 Å². The number of hydrogen-bond acceptors (Lipinski definition) is 3. The molecule has 78 valence electrons. The highest BCUT2D eigenvalue weighted by atomic mass is 35.5. The fourth-order valence-electron chi connectivity index (χ4n) is 1.27. The third-order valence-corrected chi connectivity index (χ3v) is 3.05. The Balaban J connectivity index is 2.07. The van der Waals surface area contributed by atoms with Crippen LogP contribution in [0.25, 0.3) is 0 Å². The van der Waals surface area contributed by atoms with Crippen LogP contribution < -0.4 is 11.1 Å². The van der Waals surface area contributed by atoms with Crippen molar-refractivity contribution in [3.05, 3.63) is 45.6 Å². The first kappa shape index (κ1) is 10.3. The highest BCUT2D eigenvalue weighted by Crippen LogP contribution is 2.23. The van der Waals surface area contributed by atoms with Gasteiger partial charge in [0.25, 0.3) is 0 Å². The molecule has 1 aromatic carbocycles. The lowest BCUT2D eigenvalue weighted by molar-refractivity contribution is 1.17. The normalized spacial score (nSPS) is 10.2. The minimum Gasteiger partial charge on any atom is -0.397 e. The molecule has 0 unspecified atom stereocenters. The Morgan fingerprint density at radius 2 is 2.20 bits per heavy atom. The van der Waals surface area contributed by atoms with Crippen LogP contribution in [0.4, 0.5) is 11.4 Å². The Labute approximate surface area is 97.7 Å². The number of nitrogens with one attached hydrogen (secondary N) is 1. The molecule has 3 N–H and O–H groups in total. The maximum absolute atomic E-state index is 5.88. The van der Waals surface area contributed by atoms with E-state index in [9.17, 15) is 0 Å². The lowest BCUT2D eigenvalue weighted by Crippen LogP contribution is -2.01. The van der Waals surface area contributed by atoms with Gasteiger partial charge in [-0.05, 0) is 40.6 Å². The molecule has 0 radical (unpaired) electrons. The molecule has 2 nitrogen and oxygen atoms in total. The summed E-state index contributed by atoms with van der Waals surface area (Å²) in [5.74, 6) is 0. The Hall–Kier alpha value is -1.19. The summed E-state index contributed by atoms with van der Waals surface area (Å²) >= 11 is 7.57. The number of nitrogens with two attached hydrogens (primary N) is 1. The third-order valence-electron chi connectivity index (χ3n) is 2.08. The predicted molar refractivity (Wildman–Crippen MR) is 67.5 cm³/mol. The second-order valence-electron chi connectivity index (χ2n) is 3.22. The van der Waals surface area contributed by atoms with Crippen LogP contribution in [0.2, 0.25) is 5.02 Å². The van der Waals surface area contributed by atoms with Crippen molar-refractivity contribution < 1.29 is 0 Å². The van der Waals surface area contributed by atoms with E-state index in [1.807, 2.05) is 6.07 Å². The zero-order valence-electron chi connectivity index (χ0n) is 8.03. The molecule has 0 saturated heterocycles. The Bertz CT molecular complexity index is 440. The molecule has 0 fully saturated rings. The van der Waals surface area contributed by atoms with Crippen molar-refractivity contribution in [2.75, 3.05) is 11.1 Å². The maximum atomic E-state index is 5.88. The van der Waals surface area contributed by atoms with Crippen molar-refractivity contribution in [3.8, 4) is 0 Å². The molecule has 0 atom stereocenters. The minimum absolute atomic E-state index is 0.692. The van der Waals surface area contributed by atoms with Crippen LogP contribution in [0.1, 0.15) is 5.56 Å². The van der Waals surface area contributed by atoms with Crippen LogP contribution in [0.3, 0.4) is 0 Å². The summed E-state index contributed by atoms with van der Waals surface area (Å²) in [5.41, 5.74) is 8.66. The third kappa shape index (κ3) is 2.64. The van der Waals surface area contributed by atoms with E-state index in [2.05, 4.69) is 22.1 Å². The molecule has 0 aliphatic rings. The minimum atomic E-state index is 0.692. The summed E-state index contributed by atoms with van der Waals surface area (Å²) in [5, 5.41) is 8.10. The molecular formula is C11H11ClN2S. The highest BCUT2D eigenvalue weighted by molar-refractivity contribution is 7.07. The van der Waals surface area contributed by atoms with Gasteiger partial charge in [-0.3, -0.25) is 0 Å². The van der Waals surface area contributed by atoms with E-state index in [-0.39, 0.29) is 0 Å². The van der Waals surface area contributed by atoms with Crippen molar-refractivity contribution in [1.29, 1.82) is 0 Å². The number of thiophene rings is 1. The van der Waals surface area contributed by atoms with Gasteiger partial charge in [0.1, 0.15) is 0 Å². The second kappa shape index (κ2) is 4.55. The van der Waals surface area contributed by atoms with Gasteiger partial charge < -0.3 is 11.1 Å². The molecular weight excluding hydrogens is 228 g/mol. The molecule has 1 aromatic heterocycles. The number of nitrogen functional groups attached to an aromatic ring is 1. The van der Waals surface area contributed by atoms with Crippen LogP contribution in [0.5, 0.6) is 0 Å². The molecule has 2 aromatic rings. The SMILES string of the molecule is Nc1ccc(Cl)cc1NCc1ccsc1. The monoisotopic (exact) mass is 238 g/mol. The summed E-state index contributed by atoms with van der Waals surface area (Å²) in [7, 11) is 0. The zero-order chi connectivity index (χ0) is 10.7. The maximum Gasteiger partial charge on any atom is 0.0591 e. The van der Waals surface area contributed by atoms with E-state index < -0.39 is 0 Å².